The number of methoxy groups -OCH3 is 1. The van der Waals surface area contributed by atoms with Crippen molar-refractivity contribution < 1.29 is 32.2 Å². The zero-order valence-electron chi connectivity index (χ0n) is 25.1. The number of anilines is 1. The van der Waals surface area contributed by atoms with E-state index in [0.29, 0.717) is 30.5 Å². The van der Waals surface area contributed by atoms with E-state index in [1.54, 1.807) is 31.4 Å². The molecule has 3 aromatic carbocycles. The molecule has 1 atom stereocenters. The number of hydrogen-bond acceptors (Lipinski definition) is 7. The maximum atomic E-state index is 14.3. The number of amides is 2. The van der Waals surface area contributed by atoms with Crippen molar-refractivity contribution in [2.45, 2.75) is 50.7 Å². The highest BCUT2D eigenvalue weighted by molar-refractivity contribution is 7.92. The number of nitrogens with zero attached hydrogens (tertiary/aromatic N) is 2. The quantitative estimate of drug-likeness (QED) is 0.326. The first-order valence-corrected chi connectivity index (χ1v) is 16.7. The van der Waals surface area contributed by atoms with Gasteiger partial charge in [0.05, 0.1) is 19.1 Å². The van der Waals surface area contributed by atoms with Crippen molar-refractivity contribution in [2.24, 2.45) is 0 Å². The molecule has 11 heteroatoms. The molecule has 3 aromatic rings. The molecule has 0 bridgehead atoms. The zero-order chi connectivity index (χ0) is 31.1. The first kappa shape index (κ1) is 31.2. The van der Waals surface area contributed by atoms with Crippen molar-refractivity contribution in [3.8, 4) is 17.2 Å². The fraction of sp³-hybridized carbons (Fsp3) is 0.394. The third-order valence-corrected chi connectivity index (χ3v) is 9.09. The van der Waals surface area contributed by atoms with Crippen LogP contribution in [0.3, 0.4) is 0 Å². The third kappa shape index (κ3) is 7.82. The Kier molecular flexibility index (Phi) is 9.94. The molecule has 1 aliphatic carbocycles. The molecule has 2 aliphatic rings. The molecule has 2 amide bonds. The zero-order valence-corrected chi connectivity index (χ0v) is 25.9. The maximum Gasteiger partial charge on any atom is 0.244 e. The molecule has 0 aromatic heterocycles. The van der Waals surface area contributed by atoms with Gasteiger partial charge in [-0.15, -0.1) is 0 Å². The van der Waals surface area contributed by atoms with Crippen LogP contribution in [-0.2, 0) is 32.6 Å². The lowest BCUT2D eigenvalue weighted by Gasteiger charge is -2.34. The minimum absolute atomic E-state index is 0.0415. The van der Waals surface area contributed by atoms with Crippen molar-refractivity contribution in [1.29, 1.82) is 0 Å². The summed E-state index contributed by atoms with van der Waals surface area (Å²) >= 11 is 0. The standard InChI is InChI=1S/C33H39N3O7S/c1-41-28-14-8-11-25(19-28)22-35(29(20-24-9-4-3-5-10-24)33(38)34-26-12-6-7-13-26)32(37)23-36(44(2,39)40)27-15-16-30-31(21-27)43-18-17-42-30/h3-5,8-11,14-16,19,21,26,29H,6-7,12-13,17-18,20,22-23H2,1-2H3,(H,34,38)/t29-/m0/s1. The van der Waals surface area contributed by atoms with Crippen LogP contribution < -0.4 is 23.8 Å². The highest BCUT2D eigenvalue weighted by atomic mass is 32.2. The molecule has 1 N–H and O–H groups in total. The van der Waals surface area contributed by atoms with E-state index in [1.807, 2.05) is 48.5 Å². The molecular formula is C33H39N3O7S. The molecule has 1 aliphatic heterocycles. The summed E-state index contributed by atoms with van der Waals surface area (Å²) in [5, 5.41) is 3.17. The molecule has 0 unspecified atom stereocenters. The molecule has 0 radical (unpaired) electrons. The summed E-state index contributed by atoms with van der Waals surface area (Å²) in [6.45, 7) is 0.292. The largest absolute Gasteiger partial charge is 0.497 e. The lowest BCUT2D eigenvalue weighted by atomic mass is 10.0. The van der Waals surface area contributed by atoms with E-state index in [2.05, 4.69) is 5.32 Å². The summed E-state index contributed by atoms with van der Waals surface area (Å²) in [4.78, 5) is 29.8. The minimum atomic E-state index is -3.91. The lowest BCUT2D eigenvalue weighted by Crippen LogP contribution is -2.54. The number of sulfonamides is 1. The van der Waals surface area contributed by atoms with E-state index >= 15 is 0 Å². The van der Waals surface area contributed by atoms with Crippen LogP contribution in [-0.4, -0.2) is 70.3 Å². The van der Waals surface area contributed by atoms with Gasteiger partial charge in [0, 0.05) is 25.1 Å². The molecule has 0 spiro atoms. The number of hydrogen-bond donors (Lipinski definition) is 1. The Morgan fingerprint density at radius 2 is 1.64 bits per heavy atom. The lowest BCUT2D eigenvalue weighted by molar-refractivity contribution is -0.140. The molecule has 44 heavy (non-hydrogen) atoms. The molecule has 1 saturated carbocycles. The second-order valence-electron chi connectivity index (χ2n) is 11.2. The van der Waals surface area contributed by atoms with E-state index in [-0.39, 0.29) is 30.6 Å². The predicted octanol–water partition coefficient (Wildman–Crippen LogP) is 3.93. The summed E-state index contributed by atoms with van der Waals surface area (Å²) in [5.41, 5.74) is 1.89. The van der Waals surface area contributed by atoms with Crippen molar-refractivity contribution in [3.05, 3.63) is 83.9 Å². The molecule has 0 saturated heterocycles. The summed E-state index contributed by atoms with van der Waals surface area (Å²) in [5.74, 6) is 0.740. The predicted molar refractivity (Wildman–Crippen MR) is 167 cm³/mol. The van der Waals surface area contributed by atoms with Gasteiger partial charge < -0.3 is 24.4 Å². The summed E-state index contributed by atoms with van der Waals surface area (Å²) < 4.78 is 43.9. The number of ether oxygens (including phenoxy) is 3. The monoisotopic (exact) mass is 621 g/mol. The Hall–Kier alpha value is -4.25. The molecule has 234 valence electrons. The van der Waals surface area contributed by atoms with Gasteiger partial charge in [0.15, 0.2) is 11.5 Å². The van der Waals surface area contributed by atoms with Gasteiger partial charge in [0.25, 0.3) is 0 Å². The van der Waals surface area contributed by atoms with Gasteiger partial charge in [-0.05, 0) is 48.2 Å². The maximum absolute atomic E-state index is 14.3. The van der Waals surface area contributed by atoms with E-state index in [4.69, 9.17) is 14.2 Å². The van der Waals surface area contributed by atoms with Gasteiger partial charge in [-0.25, -0.2) is 8.42 Å². The summed E-state index contributed by atoms with van der Waals surface area (Å²) in [6, 6.07) is 20.7. The number of fused-ring (bicyclic) bond motifs is 1. The number of nitrogens with one attached hydrogen (secondary N) is 1. The molecular weight excluding hydrogens is 582 g/mol. The fourth-order valence-electron chi connectivity index (χ4n) is 5.69. The Balaban J connectivity index is 1.51. The minimum Gasteiger partial charge on any atom is -0.497 e. The van der Waals surface area contributed by atoms with Crippen molar-refractivity contribution >= 4 is 27.5 Å². The number of benzene rings is 3. The van der Waals surface area contributed by atoms with Crippen LogP contribution in [0.2, 0.25) is 0 Å². The molecule has 1 heterocycles. The SMILES string of the molecule is COc1cccc(CN(C(=O)CN(c2ccc3c(c2)OCCO3)S(C)(=O)=O)[C@@H](Cc2ccccc2)C(=O)NC2CCCC2)c1. The third-order valence-electron chi connectivity index (χ3n) is 7.95. The van der Waals surface area contributed by atoms with E-state index in [1.165, 1.54) is 4.90 Å². The molecule has 1 fully saturated rings. The van der Waals surface area contributed by atoms with Gasteiger partial charge in [-0.3, -0.25) is 13.9 Å². The fourth-order valence-corrected chi connectivity index (χ4v) is 6.53. The van der Waals surface area contributed by atoms with Crippen LogP contribution in [0.15, 0.2) is 72.8 Å². The Morgan fingerprint density at radius 1 is 0.932 bits per heavy atom. The van der Waals surface area contributed by atoms with Crippen molar-refractivity contribution in [2.75, 3.05) is 37.4 Å². The first-order valence-electron chi connectivity index (χ1n) is 14.9. The smallest absolute Gasteiger partial charge is 0.244 e. The van der Waals surface area contributed by atoms with Gasteiger partial charge in [0.1, 0.15) is 31.5 Å². The Labute approximate surface area is 259 Å². The molecule has 5 rings (SSSR count). The average molecular weight is 622 g/mol. The first-order chi connectivity index (χ1) is 21.2. The number of carbonyl (C=O) groups excluding carboxylic acids is 2. The van der Waals surface area contributed by atoms with Gasteiger partial charge in [-0.2, -0.15) is 0 Å². The van der Waals surface area contributed by atoms with Gasteiger partial charge in [-0.1, -0.05) is 55.3 Å². The normalized spacial score (nSPS) is 15.3. The highest BCUT2D eigenvalue weighted by Crippen LogP contribution is 2.35. The summed E-state index contributed by atoms with van der Waals surface area (Å²) in [6.07, 6.45) is 5.17. The highest BCUT2D eigenvalue weighted by Gasteiger charge is 2.34. The van der Waals surface area contributed by atoms with Crippen LogP contribution in [0.5, 0.6) is 17.2 Å². The average Bonchev–Trinajstić information content (AvgIpc) is 3.54. The van der Waals surface area contributed by atoms with Crippen molar-refractivity contribution in [1.82, 2.24) is 10.2 Å². The van der Waals surface area contributed by atoms with Crippen LogP contribution in [0.1, 0.15) is 36.8 Å². The van der Waals surface area contributed by atoms with E-state index < -0.39 is 28.5 Å². The van der Waals surface area contributed by atoms with E-state index in [0.717, 1.165) is 47.4 Å². The second kappa shape index (κ2) is 14.0. The second-order valence-corrected chi connectivity index (χ2v) is 13.1. The van der Waals surface area contributed by atoms with Crippen LogP contribution in [0, 0.1) is 0 Å². The van der Waals surface area contributed by atoms with Crippen molar-refractivity contribution in [3.63, 3.8) is 0 Å². The number of carbonyl (C=O) groups is 2. The van der Waals surface area contributed by atoms with Crippen LogP contribution in [0.4, 0.5) is 5.69 Å². The van der Waals surface area contributed by atoms with Crippen LogP contribution in [0.25, 0.3) is 0 Å². The van der Waals surface area contributed by atoms with Gasteiger partial charge >= 0.3 is 0 Å². The molecule has 10 nitrogen and oxygen atoms in total. The topological polar surface area (TPSA) is 114 Å². The Morgan fingerprint density at radius 3 is 2.34 bits per heavy atom. The summed E-state index contributed by atoms with van der Waals surface area (Å²) in [7, 11) is -2.35. The number of rotatable bonds is 12. The Bertz CT molecular complexity index is 1560. The van der Waals surface area contributed by atoms with Crippen LogP contribution >= 0.6 is 0 Å². The van der Waals surface area contributed by atoms with E-state index in [9.17, 15) is 18.0 Å². The van der Waals surface area contributed by atoms with Gasteiger partial charge in [0.2, 0.25) is 21.8 Å².